The van der Waals surface area contributed by atoms with Gasteiger partial charge in [0.1, 0.15) is 0 Å². The molecule has 86 valence electrons. The van der Waals surface area contributed by atoms with Gasteiger partial charge in [-0.25, -0.2) is 4.79 Å². The van der Waals surface area contributed by atoms with Gasteiger partial charge in [-0.1, -0.05) is 0 Å². The first-order valence-electron chi connectivity index (χ1n) is 4.60. The van der Waals surface area contributed by atoms with Crippen molar-refractivity contribution >= 4 is 11.9 Å². The standard InChI is InChI=1S/C10H12N2O4/c1-6-2-7(4-11-3-6)9(14)12-8(5-13)10(15)16/h2-4,8,13H,5H2,1H3,(H,12,14)(H,15,16). The molecule has 6 heteroatoms. The van der Waals surface area contributed by atoms with Crippen molar-refractivity contribution in [2.45, 2.75) is 13.0 Å². The van der Waals surface area contributed by atoms with E-state index in [-0.39, 0.29) is 5.56 Å². The van der Waals surface area contributed by atoms with Gasteiger partial charge in [0.15, 0.2) is 6.04 Å². The van der Waals surface area contributed by atoms with E-state index in [1.54, 1.807) is 19.2 Å². The van der Waals surface area contributed by atoms with Gasteiger partial charge >= 0.3 is 5.97 Å². The van der Waals surface area contributed by atoms with Crippen molar-refractivity contribution in [1.82, 2.24) is 10.3 Å². The van der Waals surface area contributed by atoms with Gasteiger partial charge in [0, 0.05) is 12.4 Å². The average Bonchev–Trinajstić information content (AvgIpc) is 2.25. The molecule has 1 aromatic rings. The second-order valence-electron chi connectivity index (χ2n) is 3.30. The lowest BCUT2D eigenvalue weighted by Crippen LogP contribution is -2.43. The Morgan fingerprint density at radius 3 is 2.69 bits per heavy atom. The topological polar surface area (TPSA) is 99.5 Å². The lowest BCUT2D eigenvalue weighted by atomic mass is 10.2. The summed E-state index contributed by atoms with van der Waals surface area (Å²) in [5.74, 6) is -1.85. The molecule has 0 aliphatic rings. The van der Waals surface area contributed by atoms with Crippen LogP contribution in [-0.4, -0.2) is 39.7 Å². The summed E-state index contributed by atoms with van der Waals surface area (Å²) in [6.45, 7) is 1.12. The first-order valence-corrected chi connectivity index (χ1v) is 4.60. The van der Waals surface area contributed by atoms with Crippen molar-refractivity contribution in [2.24, 2.45) is 0 Å². The predicted octanol–water partition coefficient (Wildman–Crippen LogP) is -0.435. The van der Waals surface area contributed by atoms with Crippen molar-refractivity contribution in [3.8, 4) is 0 Å². The third-order valence-corrected chi connectivity index (χ3v) is 1.92. The number of aliphatic hydroxyl groups excluding tert-OH is 1. The van der Waals surface area contributed by atoms with Crippen molar-refractivity contribution in [3.05, 3.63) is 29.6 Å². The molecular weight excluding hydrogens is 212 g/mol. The fourth-order valence-electron chi connectivity index (χ4n) is 1.11. The van der Waals surface area contributed by atoms with Crippen LogP contribution in [0.25, 0.3) is 0 Å². The summed E-state index contributed by atoms with van der Waals surface area (Å²) >= 11 is 0. The zero-order valence-electron chi connectivity index (χ0n) is 8.67. The molecule has 1 aromatic heterocycles. The number of carboxylic acid groups (broad SMARTS) is 1. The van der Waals surface area contributed by atoms with Gasteiger partial charge in [0.2, 0.25) is 0 Å². The number of aliphatic carboxylic acids is 1. The Hall–Kier alpha value is -1.95. The molecule has 0 fully saturated rings. The van der Waals surface area contributed by atoms with Gasteiger partial charge in [0.05, 0.1) is 12.2 Å². The summed E-state index contributed by atoms with van der Waals surface area (Å²) in [5, 5.41) is 19.6. The molecule has 1 rings (SSSR count). The van der Waals surface area contributed by atoms with Crippen LogP contribution in [0, 0.1) is 6.92 Å². The molecule has 0 aromatic carbocycles. The SMILES string of the molecule is Cc1cncc(C(=O)NC(CO)C(=O)O)c1. The lowest BCUT2D eigenvalue weighted by molar-refractivity contribution is -0.140. The first-order chi connectivity index (χ1) is 7.54. The molecule has 1 heterocycles. The van der Waals surface area contributed by atoms with E-state index in [0.717, 1.165) is 5.56 Å². The van der Waals surface area contributed by atoms with E-state index in [9.17, 15) is 9.59 Å². The number of pyridine rings is 1. The number of aliphatic hydroxyl groups is 1. The Labute approximate surface area is 91.9 Å². The highest BCUT2D eigenvalue weighted by molar-refractivity contribution is 5.96. The molecule has 1 amide bonds. The van der Waals surface area contributed by atoms with Gasteiger partial charge < -0.3 is 15.5 Å². The van der Waals surface area contributed by atoms with E-state index in [1.165, 1.54) is 6.20 Å². The Kier molecular flexibility index (Phi) is 3.96. The molecule has 0 spiro atoms. The molecule has 3 N–H and O–H groups in total. The minimum Gasteiger partial charge on any atom is -0.480 e. The minimum atomic E-state index is -1.30. The number of hydrogen-bond donors (Lipinski definition) is 3. The van der Waals surface area contributed by atoms with Crippen molar-refractivity contribution < 1.29 is 19.8 Å². The highest BCUT2D eigenvalue weighted by atomic mass is 16.4. The summed E-state index contributed by atoms with van der Waals surface area (Å²) in [6, 6.07) is 0.284. The summed E-state index contributed by atoms with van der Waals surface area (Å²) in [4.78, 5) is 25.9. The van der Waals surface area contributed by atoms with Crippen LogP contribution in [0.1, 0.15) is 15.9 Å². The van der Waals surface area contributed by atoms with Gasteiger partial charge in [-0.15, -0.1) is 0 Å². The number of aryl methyl sites for hydroxylation is 1. The summed E-state index contributed by atoms with van der Waals surface area (Å²) in [5.41, 5.74) is 1.06. The molecular formula is C10H12N2O4. The van der Waals surface area contributed by atoms with Crippen molar-refractivity contribution in [1.29, 1.82) is 0 Å². The smallest absolute Gasteiger partial charge is 0.328 e. The number of nitrogens with zero attached hydrogens (tertiary/aromatic N) is 1. The predicted molar refractivity (Wildman–Crippen MR) is 54.9 cm³/mol. The summed E-state index contributed by atoms with van der Waals surface area (Å²) in [6.07, 6.45) is 2.91. The zero-order valence-corrected chi connectivity index (χ0v) is 8.67. The monoisotopic (exact) mass is 224 g/mol. The molecule has 1 atom stereocenters. The number of amides is 1. The Morgan fingerprint density at radius 2 is 2.19 bits per heavy atom. The van der Waals surface area contributed by atoms with Crippen molar-refractivity contribution in [3.63, 3.8) is 0 Å². The van der Waals surface area contributed by atoms with E-state index in [1.807, 2.05) is 0 Å². The van der Waals surface area contributed by atoms with Crippen LogP contribution in [0.2, 0.25) is 0 Å². The molecule has 1 unspecified atom stereocenters. The lowest BCUT2D eigenvalue weighted by Gasteiger charge is -2.11. The van der Waals surface area contributed by atoms with Gasteiger partial charge in [-0.3, -0.25) is 9.78 Å². The second kappa shape index (κ2) is 5.22. The average molecular weight is 224 g/mol. The largest absolute Gasteiger partial charge is 0.480 e. The van der Waals surface area contributed by atoms with E-state index in [0.29, 0.717) is 0 Å². The van der Waals surface area contributed by atoms with Crippen LogP contribution in [0.5, 0.6) is 0 Å². The van der Waals surface area contributed by atoms with Crippen LogP contribution in [-0.2, 0) is 4.79 Å². The van der Waals surface area contributed by atoms with E-state index < -0.39 is 24.5 Å². The molecule has 0 radical (unpaired) electrons. The number of carboxylic acids is 1. The minimum absolute atomic E-state index is 0.264. The van der Waals surface area contributed by atoms with Gasteiger partial charge in [-0.2, -0.15) is 0 Å². The highest BCUT2D eigenvalue weighted by Crippen LogP contribution is 2.01. The number of carbonyl (C=O) groups is 2. The second-order valence-corrected chi connectivity index (χ2v) is 3.30. The number of hydrogen-bond acceptors (Lipinski definition) is 4. The Balaban J connectivity index is 2.75. The molecule has 6 nitrogen and oxygen atoms in total. The Bertz CT molecular complexity index is 406. The fourth-order valence-corrected chi connectivity index (χ4v) is 1.11. The first kappa shape index (κ1) is 12.1. The van der Waals surface area contributed by atoms with Crippen molar-refractivity contribution in [2.75, 3.05) is 6.61 Å². The number of rotatable bonds is 4. The van der Waals surface area contributed by atoms with Crippen LogP contribution in [0.15, 0.2) is 18.5 Å². The van der Waals surface area contributed by atoms with Crippen LogP contribution < -0.4 is 5.32 Å². The molecule has 0 bridgehead atoms. The summed E-state index contributed by atoms with van der Waals surface area (Å²) in [7, 11) is 0. The quantitative estimate of drug-likeness (QED) is 0.644. The molecule has 0 saturated heterocycles. The summed E-state index contributed by atoms with van der Waals surface area (Å²) < 4.78 is 0. The molecule has 0 aliphatic heterocycles. The van der Waals surface area contributed by atoms with Crippen LogP contribution in [0.4, 0.5) is 0 Å². The zero-order chi connectivity index (χ0) is 12.1. The van der Waals surface area contributed by atoms with E-state index in [4.69, 9.17) is 10.2 Å². The van der Waals surface area contributed by atoms with Gasteiger partial charge in [0.25, 0.3) is 5.91 Å². The van der Waals surface area contributed by atoms with E-state index >= 15 is 0 Å². The number of carbonyl (C=O) groups excluding carboxylic acids is 1. The highest BCUT2D eigenvalue weighted by Gasteiger charge is 2.19. The maximum atomic E-state index is 11.5. The van der Waals surface area contributed by atoms with E-state index in [2.05, 4.69) is 10.3 Å². The maximum absolute atomic E-state index is 11.5. The van der Waals surface area contributed by atoms with Crippen LogP contribution >= 0.6 is 0 Å². The number of aromatic nitrogens is 1. The van der Waals surface area contributed by atoms with Crippen LogP contribution in [0.3, 0.4) is 0 Å². The third kappa shape index (κ3) is 3.03. The van der Waals surface area contributed by atoms with Gasteiger partial charge in [-0.05, 0) is 18.6 Å². The fraction of sp³-hybridized carbons (Fsp3) is 0.300. The molecule has 16 heavy (non-hydrogen) atoms. The molecule has 0 saturated carbocycles. The molecule has 0 aliphatic carbocycles. The Morgan fingerprint density at radius 1 is 1.50 bits per heavy atom. The normalized spacial score (nSPS) is 11.9. The maximum Gasteiger partial charge on any atom is 0.328 e. The third-order valence-electron chi connectivity index (χ3n) is 1.92. The number of nitrogens with one attached hydrogen (secondary N) is 1.